The maximum atomic E-state index is 12.8. The molecule has 1 fully saturated rings. The molecule has 1 aliphatic rings. The van der Waals surface area contributed by atoms with E-state index in [-0.39, 0.29) is 11.7 Å². The van der Waals surface area contributed by atoms with Gasteiger partial charge in [-0.3, -0.25) is 0 Å². The summed E-state index contributed by atoms with van der Waals surface area (Å²) in [7, 11) is -1.12. The molecule has 2 aromatic rings. The second-order valence-electron chi connectivity index (χ2n) is 6.96. The molecule has 3 rings (SSSR count). The number of sulfone groups is 1. The number of rotatable bonds is 6. The summed E-state index contributed by atoms with van der Waals surface area (Å²) in [6.07, 6.45) is 0. The first kappa shape index (κ1) is 18.7. The molecule has 0 bridgehead atoms. The molecule has 1 saturated heterocycles. The van der Waals surface area contributed by atoms with Gasteiger partial charge in [0.25, 0.3) is 0 Å². The van der Waals surface area contributed by atoms with Crippen LogP contribution in [-0.4, -0.2) is 54.2 Å². The summed E-state index contributed by atoms with van der Waals surface area (Å²) < 4.78 is 27.0. The average molecular weight is 422 g/mol. The second-order valence-corrected chi connectivity index (χ2v) is 11.3. The van der Waals surface area contributed by atoms with Crippen LogP contribution in [0.1, 0.15) is 5.56 Å². The fourth-order valence-corrected chi connectivity index (χ4v) is 7.46. The number of benzene rings is 2. The van der Waals surface area contributed by atoms with Crippen molar-refractivity contribution in [1.29, 1.82) is 0 Å². The number of hydrogen-bond donors (Lipinski definition) is 0. The third-order valence-electron chi connectivity index (χ3n) is 4.78. The fraction of sp³-hybridized carbons (Fsp3) is 0.400. The Labute approximate surface area is 157 Å². The first-order valence-corrected chi connectivity index (χ1v) is 12.3. The molecule has 0 saturated carbocycles. The van der Waals surface area contributed by atoms with E-state index in [2.05, 4.69) is 36.2 Å². The van der Waals surface area contributed by atoms with Crippen molar-refractivity contribution >= 4 is 29.3 Å². The van der Waals surface area contributed by atoms with E-state index in [4.69, 9.17) is 0 Å². The molecular weight excluding hydrogens is 397 g/mol. The summed E-state index contributed by atoms with van der Waals surface area (Å²) in [5, 5.41) is 1.11. The van der Waals surface area contributed by atoms with E-state index in [1.807, 2.05) is 25.1 Å². The molecule has 3 nitrogen and oxygen atoms in total. The molecule has 2 atom stereocenters. The molecule has 1 aliphatic heterocycles. The van der Waals surface area contributed by atoms with Gasteiger partial charge in [-0.2, -0.15) is 0 Å². The molecule has 1 heterocycles. The molecule has 25 heavy (non-hydrogen) atoms. The topological polar surface area (TPSA) is 37.4 Å². The molecule has 0 unspecified atom stereocenters. The van der Waals surface area contributed by atoms with Crippen LogP contribution in [0, 0.1) is 18.8 Å². The van der Waals surface area contributed by atoms with Gasteiger partial charge in [-0.1, -0.05) is 0 Å². The third kappa shape index (κ3) is 4.95. The van der Waals surface area contributed by atoms with E-state index in [0.29, 0.717) is 25.8 Å². The van der Waals surface area contributed by atoms with Gasteiger partial charge in [0.1, 0.15) is 0 Å². The summed E-state index contributed by atoms with van der Waals surface area (Å²) in [4.78, 5) is 2.74. The number of likely N-dealkylation sites (tertiary alicyclic amines) is 1. The summed E-state index contributed by atoms with van der Waals surface area (Å²) in [6, 6.07) is 17.8. The molecular formula is C20H25NO2SSe. The van der Waals surface area contributed by atoms with Crippen LogP contribution in [-0.2, 0) is 9.84 Å². The van der Waals surface area contributed by atoms with Gasteiger partial charge in [0.2, 0.25) is 0 Å². The van der Waals surface area contributed by atoms with E-state index in [1.54, 1.807) is 12.1 Å². The van der Waals surface area contributed by atoms with Gasteiger partial charge in [-0.25, -0.2) is 0 Å². The first-order chi connectivity index (χ1) is 11.9. The quantitative estimate of drug-likeness (QED) is 0.671. The van der Waals surface area contributed by atoms with Gasteiger partial charge in [0.05, 0.1) is 0 Å². The van der Waals surface area contributed by atoms with Crippen LogP contribution in [0.2, 0.25) is 5.32 Å². The van der Waals surface area contributed by atoms with Gasteiger partial charge in [-0.05, 0) is 0 Å². The summed E-state index contributed by atoms with van der Waals surface area (Å²) in [6.45, 7) is 3.85. The van der Waals surface area contributed by atoms with Crippen LogP contribution in [0.4, 0.5) is 0 Å². The van der Waals surface area contributed by atoms with Gasteiger partial charge >= 0.3 is 158 Å². The van der Waals surface area contributed by atoms with Crippen LogP contribution in [0.3, 0.4) is 0 Å². The van der Waals surface area contributed by atoms with E-state index >= 15 is 0 Å². The van der Waals surface area contributed by atoms with Crippen molar-refractivity contribution in [2.75, 3.05) is 25.9 Å². The molecule has 5 heteroatoms. The molecule has 0 spiro atoms. The molecule has 2 aromatic carbocycles. The summed E-state index contributed by atoms with van der Waals surface area (Å²) in [5.41, 5.74) is 1.09. The Hall–Kier alpha value is -1.13. The summed E-state index contributed by atoms with van der Waals surface area (Å²) >= 11 is 0.406. The van der Waals surface area contributed by atoms with Crippen LogP contribution >= 0.6 is 0 Å². The Morgan fingerprint density at radius 2 is 1.64 bits per heavy atom. The molecule has 0 N–H and O–H groups in total. The Morgan fingerprint density at radius 1 is 1.00 bits per heavy atom. The zero-order valence-electron chi connectivity index (χ0n) is 14.8. The minimum absolute atomic E-state index is 0.224. The molecule has 0 aromatic heterocycles. The van der Waals surface area contributed by atoms with Crippen molar-refractivity contribution in [2.24, 2.45) is 11.8 Å². The summed E-state index contributed by atoms with van der Waals surface area (Å²) in [5.74, 6) is 0.947. The van der Waals surface area contributed by atoms with Crippen LogP contribution in [0.15, 0.2) is 59.5 Å². The van der Waals surface area contributed by atoms with Crippen molar-refractivity contribution in [1.82, 2.24) is 4.90 Å². The van der Waals surface area contributed by atoms with Gasteiger partial charge in [-0.15, -0.1) is 0 Å². The van der Waals surface area contributed by atoms with Crippen molar-refractivity contribution in [3.8, 4) is 0 Å². The standard InChI is InChI=1S/C20H25NO2SSe/c1-16-8-10-19(11-9-16)24(22,23)14-17-12-21(2)13-18(17)15-25-20-6-4-3-5-7-20/h3-11,17-18H,12-15H2,1-2H3/t17-,18+/m1/s1. The van der Waals surface area contributed by atoms with Crippen LogP contribution < -0.4 is 4.46 Å². The normalized spacial score (nSPS) is 21.5. The van der Waals surface area contributed by atoms with Crippen molar-refractivity contribution < 1.29 is 8.42 Å². The van der Waals surface area contributed by atoms with Crippen molar-refractivity contribution in [2.45, 2.75) is 17.1 Å². The molecule has 0 radical (unpaired) electrons. The van der Waals surface area contributed by atoms with E-state index in [1.165, 1.54) is 4.46 Å². The van der Waals surface area contributed by atoms with E-state index < -0.39 is 9.84 Å². The number of aryl methyl sites for hydroxylation is 1. The van der Waals surface area contributed by atoms with Crippen LogP contribution in [0.25, 0.3) is 0 Å². The second kappa shape index (κ2) is 8.05. The Kier molecular flexibility index (Phi) is 6.00. The molecule has 0 aliphatic carbocycles. The average Bonchev–Trinajstić information content (AvgIpc) is 2.93. The number of hydrogen-bond acceptors (Lipinski definition) is 3. The predicted octanol–water partition coefficient (Wildman–Crippen LogP) is 2.39. The molecule has 134 valence electrons. The monoisotopic (exact) mass is 423 g/mol. The van der Waals surface area contributed by atoms with Gasteiger partial charge in [0.15, 0.2) is 0 Å². The maximum absolute atomic E-state index is 12.8. The Bertz CT molecular complexity index is 790. The van der Waals surface area contributed by atoms with Crippen LogP contribution in [0.5, 0.6) is 0 Å². The zero-order chi connectivity index (χ0) is 17.9. The Morgan fingerprint density at radius 3 is 2.32 bits per heavy atom. The van der Waals surface area contributed by atoms with Crippen molar-refractivity contribution in [3.63, 3.8) is 0 Å². The van der Waals surface area contributed by atoms with Gasteiger partial charge < -0.3 is 0 Å². The number of nitrogens with zero attached hydrogens (tertiary/aromatic N) is 1. The minimum atomic E-state index is -3.22. The van der Waals surface area contributed by atoms with Crippen molar-refractivity contribution in [3.05, 3.63) is 60.2 Å². The molecule has 0 amide bonds. The van der Waals surface area contributed by atoms with E-state index in [0.717, 1.165) is 24.0 Å². The third-order valence-corrected chi connectivity index (χ3v) is 9.16. The predicted molar refractivity (Wildman–Crippen MR) is 104 cm³/mol. The Balaban J connectivity index is 1.67. The first-order valence-electron chi connectivity index (χ1n) is 8.60. The van der Waals surface area contributed by atoms with Gasteiger partial charge in [0, 0.05) is 0 Å². The SMILES string of the molecule is Cc1ccc(S(=O)(=O)C[C@H]2CN(C)C[C@H]2C[Se]c2ccccc2)cc1. The van der Waals surface area contributed by atoms with E-state index in [9.17, 15) is 8.42 Å². The fourth-order valence-electron chi connectivity index (χ4n) is 3.39. The zero-order valence-corrected chi connectivity index (χ0v) is 17.3.